The minimum Gasteiger partial charge on any atom is -0.511 e. The van der Waals surface area contributed by atoms with Crippen LogP contribution in [0.15, 0.2) is 40.6 Å². The van der Waals surface area contributed by atoms with Crippen LogP contribution in [0.2, 0.25) is 0 Å². The number of hydrogen-bond donors (Lipinski definition) is 1. The van der Waals surface area contributed by atoms with Crippen molar-refractivity contribution in [3.05, 3.63) is 41.2 Å². The lowest BCUT2D eigenvalue weighted by Gasteiger charge is -2.35. The van der Waals surface area contributed by atoms with Gasteiger partial charge >= 0.3 is 5.97 Å². The molecular weight excluding hydrogens is 294 g/mol. The quantitative estimate of drug-likeness (QED) is 0.686. The first kappa shape index (κ1) is 16.9. The number of hydrogen-bond acceptors (Lipinski definition) is 5. The summed E-state index contributed by atoms with van der Waals surface area (Å²) in [4.78, 5) is 28.5. The van der Waals surface area contributed by atoms with Gasteiger partial charge in [-0.1, -0.05) is 31.5 Å². The van der Waals surface area contributed by atoms with Gasteiger partial charge in [0.1, 0.15) is 11.7 Å². The summed E-state index contributed by atoms with van der Waals surface area (Å²) in [7, 11) is 1.27. The molecule has 0 amide bonds. The molecule has 1 aromatic rings. The number of ketones is 1. The van der Waals surface area contributed by atoms with E-state index in [1.54, 1.807) is 13.8 Å². The Kier molecular flexibility index (Phi) is 4.68. The molecule has 0 bridgehead atoms. The number of methoxy groups -OCH3 is 1. The summed E-state index contributed by atoms with van der Waals surface area (Å²) in [6.45, 7) is 5.49. The number of esters is 1. The first-order valence-corrected chi connectivity index (χ1v) is 7.41. The van der Waals surface area contributed by atoms with Crippen LogP contribution in [0.25, 0.3) is 0 Å². The fourth-order valence-corrected chi connectivity index (χ4v) is 2.74. The molecule has 122 valence electrons. The van der Waals surface area contributed by atoms with Gasteiger partial charge in [-0.2, -0.15) is 0 Å². The fraction of sp³-hybridized carbons (Fsp3) is 0.389. The van der Waals surface area contributed by atoms with Gasteiger partial charge in [0.15, 0.2) is 5.78 Å². The number of nitrogens with zero attached hydrogens (tertiary/aromatic N) is 1. The van der Waals surface area contributed by atoms with Crippen LogP contribution in [0, 0.1) is 18.3 Å². The lowest BCUT2D eigenvalue weighted by atomic mass is 9.68. The van der Waals surface area contributed by atoms with E-state index in [2.05, 4.69) is 4.99 Å². The molecule has 1 unspecified atom stereocenters. The Morgan fingerprint density at radius 1 is 1.35 bits per heavy atom. The summed E-state index contributed by atoms with van der Waals surface area (Å²) in [5.41, 5.74) is 1.14. The average Bonchev–Trinajstić information content (AvgIpc) is 2.47. The first-order chi connectivity index (χ1) is 10.8. The standard InChI is InChI=1S/C18H21NO4/c1-11-5-7-12(8-6-11)19-10-13-14(20)9-18(2,3)15(16(13)21)17(22)23-4/h5-8,10,15,21H,9H2,1-4H3. The van der Waals surface area contributed by atoms with Crippen molar-refractivity contribution in [3.8, 4) is 0 Å². The molecule has 0 radical (unpaired) electrons. The van der Waals surface area contributed by atoms with Gasteiger partial charge in [0.2, 0.25) is 0 Å². The van der Waals surface area contributed by atoms with Crippen molar-refractivity contribution in [1.29, 1.82) is 0 Å². The molecule has 0 aliphatic heterocycles. The lowest BCUT2D eigenvalue weighted by molar-refractivity contribution is -0.150. The van der Waals surface area contributed by atoms with Crippen LogP contribution in [0.1, 0.15) is 25.8 Å². The van der Waals surface area contributed by atoms with Crippen LogP contribution in [0.5, 0.6) is 0 Å². The predicted octanol–water partition coefficient (Wildman–Crippen LogP) is 3.30. The summed E-state index contributed by atoms with van der Waals surface area (Å²) in [6, 6.07) is 7.45. The van der Waals surface area contributed by atoms with Gasteiger partial charge in [-0.15, -0.1) is 0 Å². The number of Topliss-reactive ketones (excluding diaryl/α,β-unsaturated/α-hetero) is 1. The van der Waals surface area contributed by atoms with Crippen LogP contribution >= 0.6 is 0 Å². The maximum atomic E-state index is 12.3. The second-order valence-corrected chi connectivity index (χ2v) is 6.44. The van der Waals surface area contributed by atoms with E-state index >= 15 is 0 Å². The zero-order chi connectivity index (χ0) is 17.2. The maximum Gasteiger partial charge on any atom is 0.316 e. The Bertz CT molecular complexity index is 683. The zero-order valence-corrected chi connectivity index (χ0v) is 13.8. The van der Waals surface area contributed by atoms with E-state index in [1.807, 2.05) is 31.2 Å². The fourth-order valence-electron chi connectivity index (χ4n) is 2.74. The Labute approximate surface area is 135 Å². The molecule has 1 aliphatic rings. The molecule has 0 saturated heterocycles. The van der Waals surface area contributed by atoms with Crippen molar-refractivity contribution in [2.45, 2.75) is 27.2 Å². The van der Waals surface area contributed by atoms with Gasteiger partial charge in [-0.25, -0.2) is 0 Å². The van der Waals surface area contributed by atoms with E-state index in [-0.39, 0.29) is 23.5 Å². The molecule has 0 saturated carbocycles. The highest BCUT2D eigenvalue weighted by Gasteiger charge is 2.46. The monoisotopic (exact) mass is 315 g/mol. The van der Waals surface area contributed by atoms with Crippen LogP contribution in [-0.2, 0) is 14.3 Å². The number of carbonyl (C=O) groups excluding carboxylic acids is 2. The lowest BCUT2D eigenvalue weighted by Crippen LogP contribution is -2.40. The number of benzene rings is 1. The third-order valence-electron chi connectivity index (χ3n) is 4.06. The summed E-state index contributed by atoms with van der Waals surface area (Å²) in [6.07, 6.45) is 1.47. The van der Waals surface area contributed by atoms with Crippen LogP contribution in [-0.4, -0.2) is 30.2 Å². The van der Waals surface area contributed by atoms with Crippen LogP contribution < -0.4 is 0 Å². The number of aliphatic imine (C=N–C) groups is 1. The minimum atomic E-state index is -0.871. The Morgan fingerprint density at radius 2 is 1.96 bits per heavy atom. The number of aliphatic hydroxyl groups excluding tert-OH is 1. The molecule has 5 heteroatoms. The molecule has 0 aromatic heterocycles. The second kappa shape index (κ2) is 6.36. The summed E-state index contributed by atoms with van der Waals surface area (Å²) >= 11 is 0. The molecule has 1 N–H and O–H groups in total. The second-order valence-electron chi connectivity index (χ2n) is 6.44. The maximum absolute atomic E-state index is 12.3. The largest absolute Gasteiger partial charge is 0.511 e. The smallest absolute Gasteiger partial charge is 0.316 e. The van der Waals surface area contributed by atoms with Crippen molar-refractivity contribution in [2.75, 3.05) is 7.11 Å². The zero-order valence-electron chi connectivity index (χ0n) is 13.8. The number of ether oxygens (including phenoxy) is 1. The van der Waals surface area contributed by atoms with Crippen molar-refractivity contribution >= 4 is 23.7 Å². The summed E-state index contributed by atoms with van der Waals surface area (Å²) in [5.74, 6) is -1.93. The van der Waals surface area contributed by atoms with Crippen LogP contribution in [0.3, 0.4) is 0 Å². The van der Waals surface area contributed by atoms with Gasteiger partial charge < -0.3 is 9.84 Å². The Balaban J connectivity index is 2.40. The highest BCUT2D eigenvalue weighted by Crippen LogP contribution is 2.41. The van der Waals surface area contributed by atoms with Gasteiger partial charge in [0.05, 0.1) is 18.4 Å². The SMILES string of the molecule is COC(=O)C1C(O)=C(C=Nc2ccc(C)cc2)C(=O)CC1(C)C. The third-order valence-corrected chi connectivity index (χ3v) is 4.06. The molecule has 0 fully saturated rings. The number of rotatable bonds is 3. The van der Waals surface area contributed by atoms with E-state index in [9.17, 15) is 14.7 Å². The van der Waals surface area contributed by atoms with Crippen molar-refractivity contribution in [3.63, 3.8) is 0 Å². The van der Waals surface area contributed by atoms with E-state index in [4.69, 9.17) is 4.74 Å². The van der Waals surface area contributed by atoms with Gasteiger partial charge in [-0.3, -0.25) is 14.6 Å². The predicted molar refractivity (Wildman–Crippen MR) is 87.9 cm³/mol. The van der Waals surface area contributed by atoms with Crippen molar-refractivity contribution in [1.82, 2.24) is 0 Å². The molecule has 1 aliphatic carbocycles. The number of allylic oxidation sites excluding steroid dienone is 1. The van der Waals surface area contributed by atoms with Gasteiger partial charge in [-0.05, 0) is 24.5 Å². The molecule has 2 rings (SSSR count). The molecule has 23 heavy (non-hydrogen) atoms. The molecule has 1 atom stereocenters. The highest BCUT2D eigenvalue weighted by molar-refractivity contribution is 6.15. The molecule has 5 nitrogen and oxygen atoms in total. The summed E-state index contributed by atoms with van der Waals surface area (Å²) in [5, 5.41) is 10.4. The number of aryl methyl sites for hydroxylation is 1. The Morgan fingerprint density at radius 3 is 2.52 bits per heavy atom. The van der Waals surface area contributed by atoms with E-state index in [0.717, 1.165) is 5.56 Å². The molecular formula is C18H21NO4. The molecule has 0 spiro atoms. The number of carbonyl (C=O) groups is 2. The normalized spacial score (nSPS) is 20.9. The van der Waals surface area contributed by atoms with E-state index < -0.39 is 17.3 Å². The minimum absolute atomic E-state index is 0.0697. The van der Waals surface area contributed by atoms with Crippen LogP contribution in [0.4, 0.5) is 5.69 Å². The van der Waals surface area contributed by atoms with E-state index in [1.165, 1.54) is 13.3 Å². The van der Waals surface area contributed by atoms with Crippen molar-refractivity contribution in [2.24, 2.45) is 16.3 Å². The third kappa shape index (κ3) is 3.50. The Hall–Kier alpha value is -2.43. The van der Waals surface area contributed by atoms with E-state index in [0.29, 0.717) is 5.69 Å². The van der Waals surface area contributed by atoms with Crippen molar-refractivity contribution < 1.29 is 19.4 Å². The average molecular weight is 315 g/mol. The first-order valence-electron chi connectivity index (χ1n) is 7.41. The topological polar surface area (TPSA) is 76.0 Å². The summed E-state index contributed by atoms with van der Waals surface area (Å²) < 4.78 is 4.77. The number of aliphatic hydroxyl groups is 1. The highest BCUT2D eigenvalue weighted by atomic mass is 16.5. The van der Waals surface area contributed by atoms with Gasteiger partial charge in [0.25, 0.3) is 0 Å². The molecule has 0 heterocycles. The molecule has 1 aromatic carbocycles. The van der Waals surface area contributed by atoms with Gasteiger partial charge in [0, 0.05) is 12.6 Å².